The van der Waals surface area contributed by atoms with Crippen molar-refractivity contribution in [1.82, 2.24) is 10.3 Å². The predicted octanol–water partition coefficient (Wildman–Crippen LogP) is 3.51. The van der Waals surface area contributed by atoms with Gasteiger partial charge in [0.15, 0.2) is 11.6 Å². The van der Waals surface area contributed by atoms with Gasteiger partial charge in [0, 0.05) is 17.6 Å². The minimum Gasteiger partial charge on any atom is -0.302 e. The molecule has 0 aliphatic heterocycles. The summed E-state index contributed by atoms with van der Waals surface area (Å²) in [5.74, 6) is -1.67. The van der Waals surface area contributed by atoms with E-state index in [1.165, 1.54) is 17.4 Å². The van der Waals surface area contributed by atoms with Gasteiger partial charge in [-0.15, -0.1) is 11.3 Å². The van der Waals surface area contributed by atoms with E-state index in [-0.39, 0.29) is 12.1 Å². The third kappa shape index (κ3) is 2.91. The molecule has 1 atom stereocenters. The monoisotopic (exact) mass is 268 g/mol. The van der Waals surface area contributed by atoms with E-state index in [9.17, 15) is 8.78 Å². The fourth-order valence-corrected chi connectivity index (χ4v) is 2.44. The van der Waals surface area contributed by atoms with E-state index in [1.807, 2.05) is 19.2 Å². The molecule has 0 saturated carbocycles. The minimum atomic E-state index is -0.834. The first-order chi connectivity index (χ1) is 8.58. The summed E-state index contributed by atoms with van der Waals surface area (Å²) in [5.41, 5.74) is 0.678. The Morgan fingerprint density at radius 3 is 2.56 bits per heavy atom. The first kappa shape index (κ1) is 13.1. The molecule has 0 aliphatic rings. The molecule has 96 valence electrons. The number of rotatable bonds is 4. The van der Waals surface area contributed by atoms with Crippen LogP contribution in [0.15, 0.2) is 29.8 Å². The Labute approximate surface area is 109 Å². The third-order valence-corrected chi connectivity index (χ3v) is 3.32. The van der Waals surface area contributed by atoms with Crippen LogP contribution in [-0.4, -0.2) is 11.0 Å². The molecule has 2 aromatic rings. The van der Waals surface area contributed by atoms with Crippen molar-refractivity contribution in [2.45, 2.75) is 25.9 Å². The van der Waals surface area contributed by atoms with Gasteiger partial charge in [-0.25, -0.2) is 13.8 Å². The highest BCUT2D eigenvalue weighted by atomic mass is 32.1. The van der Waals surface area contributed by atoms with Crippen LogP contribution in [0, 0.1) is 11.6 Å². The molecule has 0 fully saturated rings. The minimum absolute atomic E-state index is 0.208. The van der Waals surface area contributed by atoms with Gasteiger partial charge in [0.1, 0.15) is 5.01 Å². The molecule has 0 amide bonds. The maximum absolute atomic E-state index is 13.3. The SMILES string of the molecule is CC(C)NC(c1ccc(F)c(F)c1)c1nccs1. The number of hydrogen-bond acceptors (Lipinski definition) is 3. The van der Waals surface area contributed by atoms with Gasteiger partial charge in [0.05, 0.1) is 6.04 Å². The van der Waals surface area contributed by atoms with E-state index in [4.69, 9.17) is 0 Å². The molecule has 1 heterocycles. The maximum atomic E-state index is 13.3. The second-order valence-electron chi connectivity index (χ2n) is 4.30. The van der Waals surface area contributed by atoms with Crippen molar-refractivity contribution in [3.05, 3.63) is 52.0 Å². The number of nitrogens with zero attached hydrogens (tertiary/aromatic N) is 1. The second-order valence-corrected chi connectivity index (χ2v) is 5.22. The lowest BCUT2D eigenvalue weighted by molar-refractivity contribution is 0.495. The van der Waals surface area contributed by atoms with Gasteiger partial charge in [-0.05, 0) is 31.5 Å². The van der Waals surface area contributed by atoms with Crippen molar-refractivity contribution in [3.63, 3.8) is 0 Å². The zero-order valence-corrected chi connectivity index (χ0v) is 11.0. The topological polar surface area (TPSA) is 24.9 Å². The maximum Gasteiger partial charge on any atom is 0.159 e. The van der Waals surface area contributed by atoms with Crippen LogP contribution in [-0.2, 0) is 0 Å². The molecule has 0 aliphatic carbocycles. The van der Waals surface area contributed by atoms with E-state index in [1.54, 1.807) is 12.3 Å². The van der Waals surface area contributed by atoms with E-state index in [0.29, 0.717) is 5.56 Å². The van der Waals surface area contributed by atoms with Crippen LogP contribution >= 0.6 is 11.3 Å². The Kier molecular flexibility index (Phi) is 4.04. The highest BCUT2D eigenvalue weighted by Crippen LogP contribution is 2.25. The van der Waals surface area contributed by atoms with Crippen molar-refractivity contribution < 1.29 is 8.78 Å². The molecule has 0 radical (unpaired) electrons. The molecule has 0 spiro atoms. The summed E-state index contributed by atoms with van der Waals surface area (Å²) >= 11 is 1.49. The fraction of sp³-hybridized carbons (Fsp3) is 0.308. The van der Waals surface area contributed by atoms with Gasteiger partial charge in [0.2, 0.25) is 0 Å². The molecule has 1 aromatic heterocycles. The fourth-order valence-electron chi connectivity index (χ4n) is 1.71. The molecule has 2 rings (SSSR count). The molecular formula is C13H14F2N2S. The zero-order chi connectivity index (χ0) is 13.1. The Morgan fingerprint density at radius 2 is 2.00 bits per heavy atom. The molecule has 5 heteroatoms. The number of thiazole rings is 1. The van der Waals surface area contributed by atoms with Crippen molar-refractivity contribution >= 4 is 11.3 Å². The molecule has 1 N–H and O–H groups in total. The van der Waals surface area contributed by atoms with Crippen LogP contribution in [0.1, 0.15) is 30.5 Å². The molecule has 2 nitrogen and oxygen atoms in total. The standard InChI is InChI=1S/C13H14F2N2S/c1-8(2)17-12(13-16-5-6-18-13)9-3-4-10(14)11(15)7-9/h3-8,12,17H,1-2H3. The third-order valence-electron chi connectivity index (χ3n) is 2.48. The quantitative estimate of drug-likeness (QED) is 0.918. The molecule has 0 saturated heterocycles. The van der Waals surface area contributed by atoms with Gasteiger partial charge in [-0.3, -0.25) is 0 Å². The Bertz CT molecular complexity index is 512. The number of benzene rings is 1. The van der Waals surface area contributed by atoms with E-state index < -0.39 is 11.6 Å². The predicted molar refractivity (Wildman–Crippen MR) is 68.6 cm³/mol. The normalized spacial score (nSPS) is 12.9. The van der Waals surface area contributed by atoms with Crippen LogP contribution in [0.5, 0.6) is 0 Å². The Morgan fingerprint density at radius 1 is 1.22 bits per heavy atom. The average molecular weight is 268 g/mol. The number of nitrogens with one attached hydrogen (secondary N) is 1. The smallest absolute Gasteiger partial charge is 0.159 e. The van der Waals surface area contributed by atoms with Crippen molar-refractivity contribution in [2.24, 2.45) is 0 Å². The second kappa shape index (κ2) is 5.54. The van der Waals surface area contributed by atoms with E-state index in [0.717, 1.165) is 11.1 Å². The van der Waals surface area contributed by atoms with E-state index >= 15 is 0 Å². The molecular weight excluding hydrogens is 254 g/mol. The largest absolute Gasteiger partial charge is 0.302 e. The van der Waals surface area contributed by atoms with Crippen LogP contribution in [0.25, 0.3) is 0 Å². The number of hydrogen-bond donors (Lipinski definition) is 1. The number of aromatic nitrogens is 1. The summed E-state index contributed by atoms with van der Waals surface area (Å²) in [4.78, 5) is 4.24. The summed E-state index contributed by atoms with van der Waals surface area (Å²) < 4.78 is 26.3. The van der Waals surface area contributed by atoms with Gasteiger partial charge >= 0.3 is 0 Å². The Balaban J connectivity index is 2.36. The summed E-state index contributed by atoms with van der Waals surface area (Å²) in [5, 5.41) is 6.01. The molecule has 1 unspecified atom stereocenters. The molecule has 0 bridgehead atoms. The first-order valence-electron chi connectivity index (χ1n) is 5.68. The van der Waals surface area contributed by atoms with Gasteiger partial charge < -0.3 is 5.32 Å². The van der Waals surface area contributed by atoms with Gasteiger partial charge in [-0.1, -0.05) is 6.07 Å². The summed E-state index contributed by atoms with van der Waals surface area (Å²) in [6.45, 7) is 4.00. The van der Waals surface area contributed by atoms with E-state index in [2.05, 4.69) is 10.3 Å². The summed E-state index contributed by atoms with van der Waals surface area (Å²) in [6.07, 6.45) is 1.70. The Hall–Kier alpha value is -1.33. The molecule has 18 heavy (non-hydrogen) atoms. The average Bonchev–Trinajstić information content (AvgIpc) is 2.83. The van der Waals surface area contributed by atoms with Crippen molar-refractivity contribution in [3.8, 4) is 0 Å². The van der Waals surface area contributed by atoms with Crippen LogP contribution in [0.3, 0.4) is 0 Å². The lowest BCUT2D eigenvalue weighted by atomic mass is 10.1. The van der Waals surface area contributed by atoms with Crippen LogP contribution < -0.4 is 5.32 Å². The summed E-state index contributed by atoms with van der Waals surface area (Å²) in [7, 11) is 0. The van der Waals surface area contributed by atoms with Crippen LogP contribution in [0.4, 0.5) is 8.78 Å². The lowest BCUT2D eigenvalue weighted by Gasteiger charge is -2.19. The zero-order valence-electron chi connectivity index (χ0n) is 10.2. The van der Waals surface area contributed by atoms with Crippen molar-refractivity contribution in [1.29, 1.82) is 0 Å². The van der Waals surface area contributed by atoms with Crippen molar-refractivity contribution in [2.75, 3.05) is 0 Å². The van der Waals surface area contributed by atoms with Gasteiger partial charge in [-0.2, -0.15) is 0 Å². The molecule has 1 aromatic carbocycles. The first-order valence-corrected chi connectivity index (χ1v) is 6.56. The highest BCUT2D eigenvalue weighted by Gasteiger charge is 2.18. The number of halogens is 2. The van der Waals surface area contributed by atoms with Crippen LogP contribution in [0.2, 0.25) is 0 Å². The summed E-state index contributed by atoms with van der Waals surface area (Å²) in [6, 6.07) is 3.95. The lowest BCUT2D eigenvalue weighted by Crippen LogP contribution is -2.29. The highest BCUT2D eigenvalue weighted by molar-refractivity contribution is 7.09. The van der Waals surface area contributed by atoms with Gasteiger partial charge in [0.25, 0.3) is 0 Å².